The van der Waals surface area contributed by atoms with Crippen molar-refractivity contribution in [3.63, 3.8) is 0 Å². The average molecular weight is 381 g/mol. The van der Waals surface area contributed by atoms with E-state index < -0.39 is 5.97 Å². The number of anilines is 1. The zero-order valence-corrected chi connectivity index (χ0v) is 15.7. The van der Waals surface area contributed by atoms with Crippen molar-refractivity contribution >= 4 is 11.7 Å². The number of hydrogen-bond acceptors (Lipinski definition) is 3. The number of halogens is 1. The summed E-state index contributed by atoms with van der Waals surface area (Å²) >= 11 is 0. The van der Waals surface area contributed by atoms with Gasteiger partial charge in [0.2, 0.25) is 0 Å². The van der Waals surface area contributed by atoms with Crippen LogP contribution in [-0.2, 0) is 17.8 Å². The SMILES string of the molecule is O=C(O)[C@@H]1C[C@H]1c1ccc2c(c1)CCN(c1cc(OC3CCC3)ccc1F)C2. The standard InChI is InChI=1S/C23H24FNO3/c24-21-7-6-18(28-17-2-1-3-17)11-22(21)25-9-8-14-10-15(4-5-16(14)13-25)19-12-20(19)23(26)27/h4-7,10-11,17,19-20H,1-3,8-9,12-13H2,(H,26,27)/t19-,20+/m0/s1. The molecular weight excluding hydrogens is 357 g/mol. The Kier molecular flexibility index (Phi) is 4.26. The van der Waals surface area contributed by atoms with Crippen molar-refractivity contribution in [3.05, 3.63) is 58.9 Å². The number of rotatable bonds is 5. The molecule has 4 nitrogen and oxygen atoms in total. The van der Waals surface area contributed by atoms with Gasteiger partial charge in [0.1, 0.15) is 11.6 Å². The van der Waals surface area contributed by atoms with Crippen LogP contribution in [0.2, 0.25) is 0 Å². The molecule has 5 rings (SSSR count). The minimum absolute atomic E-state index is 0.151. The van der Waals surface area contributed by atoms with Crippen molar-refractivity contribution in [2.24, 2.45) is 5.92 Å². The lowest BCUT2D eigenvalue weighted by atomic mass is 9.95. The Labute approximate surface area is 163 Å². The molecule has 5 heteroatoms. The highest BCUT2D eigenvalue weighted by Crippen LogP contribution is 2.48. The summed E-state index contributed by atoms with van der Waals surface area (Å²) in [6.45, 7) is 1.40. The number of carbonyl (C=O) groups is 1. The Bertz CT molecular complexity index is 924. The molecule has 3 aliphatic rings. The maximum absolute atomic E-state index is 14.5. The molecule has 2 atom stereocenters. The molecule has 0 bridgehead atoms. The van der Waals surface area contributed by atoms with Gasteiger partial charge < -0.3 is 14.7 Å². The van der Waals surface area contributed by atoms with Gasteiger partial charge in [-0.2, -0.15) is 0 Å². The predicted molar refractivity (Wildman–Crippen MR) is 104 cm³/mol. The highest BCUT2D eigenvalue weighted by atomic mass is 19.1. The minimum atomic E-state index is -0.701. The van der Waals surface area contributed by atoms with Gasteiger partial charge in [-0.3, -0.25) is 4.79 Å². The lowest BCUT2D eigenvalue weighted by molar-refractivity contribution is -0.138. The molecule has 0 saturated heterocycles. The first-order valence-electron chi connectivity index (χ1n) is 10.1. The van der Waals surface area contributed by atoms with Gasteiger partial charge in [0.25, 0.3) is 0 Å². The van der Waals surface area contributed by atoms with E-state index in [1.807, 2.05) is 12.1 Å². The molecule has 2 aromatic carbocycles. The van der Waals surface area contributed by atoms with Gasteiger partial charge in [0.05, 0.1) is 17.7 Å². The first kappa shape index (κ1) is 17.5. The first-order chi connectivity index (χ1) is 13.6. The Morgan fingerprint density at radius 1 is 1.14 bits per heavy atom. The van der Waals surface area contributed by atoms with Crippen molar-refractivity contribution in [1.29, 1.82) is 0 Å². The molecule has 1 aliphatic heterocycles. The van der Waals surface area contributed by atoms with E-state index in [-0.39, 0.29) is 23.8 Å². The zero-order valence-electron chi connectivity index (χ0n) is 15.7. The van der Waals surface area contributed by atoms with Crippen molar-refractivity contribution in [2.75, 3.05) is 11.4 Å². The number of aliphatic carboxylic acids is 1. The summed E-state index contributed by atoms with van der Waals surface area (Å²) in [5.74, 6) is -0.253. The van der Waals surface area contributed by atoms with Crippen LogP contribution in [0.4, 0.5) is 10.1 Å². The molecule has 2 aliphatic carbocycles. The highest BCUT2D eigenvalue weighted by Gasteiger charge is 2.44. The summed E-state index contributed by atoms with van der Waals surface area (Å²) in [5, 5.41) is 9.15. The van der Waals surface area contributed by atoms with Gasteiger partial charge in [-0.25, -0.2) is 4.39 Å². The maximum atomic E-state index is 14.5. The van der Waals surface area contributed by atoms with Gasteiger partial charge in [-0.05, 0) is 66.8 Å². The Morgan fingerprint density at radius 3 is 2.71 bits per heavy atom. The quantitative estimate of drug-likeness (QED) is 0.828. The molecule has 2 aromatic rings. The second-order valence-electron chi connectivity index (χ2n) is 8.27. The molecule has 1 heterocycles. The molecule has 0 radical (unpaired) electrons. The minimum Gasteiger partial charge on any atom is -0.490 e. The van der Waals surface area contributed by atoms with Crippen molar-refractivity contribution in [2.45, 2.75) is 50.7 Å². The summed E-state index contributed by atoms with van der Waals surface area (Å²) in [6.07, 6.45) is 5.21. The van der Waals surface area contributed by atoms with E-state index in [0.29, 0.717) is 12.2 Å². The van der Waals surface area contributed by atoms with E-state index in [9.17, 15) is 9.18 Å². The Hall–Kier alpha value is -2.56. The molecule has 0 unspecified atom stereocenters. The lowest BCUT2D eigenvalue weighted by Gasteiger charge is -2.32. The van der Waals surface area contributed by atoms with Crippen LogP contribution in [0, 0.1) is 11.7 Å². The fourth-order valence-corrected chi connectivity index (χ4v) is 4.33. The summed E-state index contributed by atoms with van der Waals surface area (Å²) in [5.41, 5.74) is 4.17. The van der Waals surface area contributed by atoms with Crippen molar-refractivity contribution in [1.82, 2.24) is 0 Å². The first-order valence-corrected chi connectivity index (χ1v) is 10.1. The molecule has 0 aromatic heterocycles. The maximum Gasteiger partial charge on any atom is 0.307 e. The summed E-state index contributed by atoms with van der Waals surface area (Å²) < 4.78 is 20.5. The molecule has 0 amide bonds. The van der Waals surface area contributed by atoms with E-state index in [4.69, 9.17) is 9.84 Å². The lowest BCUT2D eigenvalue weighted by Crippen LogP contribution is -2.31. The summed E-state index contributed by atoms with van der Waals surface area (Å²) in [4.78, 5) is 13.2. The average Bonchev–Trinajstić information content (AvgIpc) is 3.46. The van der Waals surface area contributed by atoms with Crippen LogP contribution in [0.15, 0.2) is 36.4 Å². The van der Waals surface area contributed by atoms with E-state index in [2.05, 4.69) is 17.0 Å². The number of benzene rings is 2. The molecule has 2 saturated carbocycles. The normalized spacial score (nSPS) is 23.7. The van der Waals surface area contributed by atoms with Crippen LogP contribution in [0.3, 0.4) is 0 Å². The topological polar surface area (TPSA) is 49.8 Å². The fraction of sp³-hybridized carbons (Fsp3) is 0.435. The molecule has 0 spiro atoms. The van der Waals surface area contributed by atoms with Crippen molar-refractivity contribution < 1.29 is 19.0 Å². The summed E-state index contributed by atoms with van der Waals surface area (Å²) in [7, 11) is 0. The zero-order chi connectivity index (χ0) is 19.3. The highest BCUT2D eigenvalue weighted by molar-refractivity contribution is 5.75. The number of ether oxygens (including phenoxy) is 1. The third-order valence-electron chi connectivity index (χ3n) is 6.39. The Morgan fingerprint density at radius 2 is 2.00 bits per heavy atom. The monoisotopic (exact) mass is 381 g/mol. The van der Waals surface area contributed by atoms with Gasteiger partial charge in [-0.1, -0.05) is 18.2 Å². The van der Waals surface area contributed by atoms with Gasteiger partial charge >= 0.3 is 5.97 Å². The summed E-state index contributed by atoms with van der Waals surface area (Å²) in [6, 6.07) is 11.3. The Balaban J connectivity index is 1.33. The molecule has 1 N–H and O–H groups in total. The van der Waals surface area contributed by atoms with Crippen LogP contribution in [0.5, 0.6) is 5.75 Å². The molecule has 2 fully saturated rings. The van der Waals surface area contributed by atoms with Crippen LogP contribution in [-0.4, -0.2) is 23.7 Å². The number of carboxylic acids is 1. The largest absolute Gasteiger partial charge is 0.490 e. The van der Waals surface area contributed by atoms with Gasteiger partial charge in [-0.15, -0.1) is 0 Å². The number of fused-ring (bicyclic) bond motifs is 1. The number of nitrogens with zero attached hydrogens (tertiary/aromatic N) is 1. The van der Waals surface area contributed by atoms with Crippen LogP contribution in [0.25, 0.3) is 0 Å². The number of hydrogen-bond donors (Lipinski definition) is 1. The molecular formula is C23H24FNO3. The third kappa shape index (κ3) is 3.23. The second kappa shape index (κ2) is 6.80. The van der Waals surface area contributed by atoms with E-state index in [1.165, 1.54) is 23.6 Å². The molecule has 146 valence electrons. The smallest absolute Gasteiger partial charge is 0.307 e. The van der Waals surface area contributed by atoms with Crippen LogP contribution < -0.4 is 9.64 Å². The second-order valence-corrected chi connectivity index (χ2v) is 8.27. The van der Waals surface area contributed by atoms with Gasteiger partial charge in [0.15, 0.2) is 0 Å². The van der Waals surface area contributed by atoms with Crippen LogP contribution >= 0.6 is 0 Å². The van der Waals surface area contributed by atoms with E-state index in [0.717, 1.165) is 43.5 Å². The van der Waals surface area contributed by atoms with Crippen molar-refractivity contribution in [3.8, 4) is 5.75 Å². The van der Waals surface area contributed by atoms with E-state index in [1.54, 1.807) is 6.07 Å². The van der Waals surface area contributed by atoms with Gasteiger partial charge in [0, 0.05) is 19.2 Å². The fourth-order valence-electron chi connectivity index (χ4n) is 4.33. The van der Waals surface area contributed by atoms with E-state index >= 15 is 0 Å². The van der Waals surface area contributed by atoms with Crippen LogP contribution in [0.1, 0.15) is 48.3 Å². The number of carboxylic acid groups (broad SMARTS) is 1. The third-order valence-corrected chi connectivity index (χ3v) is 6.39. The molecule has 28 heavy (non-hydrogen) atoms. The predicted octanol–water partition coefficient (Wildman–Crippen LogP) is 4.51.